The van der Waals surface area contributed by atoms with E-state index in [1.807, 2.05) is 23.7 Å². The van der Waals surface area contributed by atoms with E-state index in [4.69, 9.17) is 9.15 Å². The summed E-state index contributed by atoms with van der Waals surface area (Å²) in [5.41, 5.74) is 1.24. The highest BCUT2D eigenvalue weighted by atomic mass is 32.2. The second kappa shape index (κ2) is 8.84. The highest BCUT2D eigenvalue weighted by Crippen LogP contribution is 2.30. The quantitative estimate of drug-likeness (QED) is 0.583. The summed E-state index contributed by atoms with van der Waals surface area (Å²) in [7, 11) is 1.93. The Morgan fingerprint density at radius 2 is 2.11 bits per heavy atom. The van der Waals surface area contributed by atoms with E-state index in [0.717, 1.165) is 47.8 Å². The van der Waals surface area contributed by atoms with Crippen molar-refractivity contribution in [2.75, 3.05) is 6.54 Å². The SMILES string of the molecule is CCCC[C@@H]1CN(Cc2ccc(Sc3nncn3C)o2)Cc2ccccc2O1. The van der Waals surface area contributed by atoms with Crippen LogP contribution in [0.2, 0.25) is 0 Å². The van der Waals surface area contributed by atoms with Gasteiger partial charge in [0.05, 0.1) is 6.54 Å². The van der Waals surface area contributed by atoms with E-state index in [1.54, 1.807) is 6.33 Å². The van der Waals surface area contributed by atoms with Crippen LogP contribution in [0.5, 0.6) is 5.75 Å². The van der Waals surface area contributed by atoms with Gasteiger partial charge in [0.25, 0.3) is 0 Å². The van der Waals surface area contributed by atoms with Gasteiger partial charge in [-0.25, -0.2) is 0 Å². The number of aryl methyl sites for hydroxylation is 1. The lowest BCUT2D eigenvalue weighted by Gasteiger charge is -2.23. The Balaban J connectivity index is 1.46. The average Bonchev–Trinajstić information content (AvgIpc) is 3.25. The Kier molecular flexibility index (Phi) is 6.02. The van der Waals surface area contributed by atoms with Crippen LogP contribution >= 0.6 is 11.8 Å². The molecule has 0 fully saturated rings. The van der Waals surface area contributed by atoms with Crippen molar-refractivity contribution >= 4 is 11.8 Å². The minimum atomic E-state index is 0.214. The summed E-state index contributed by atoms with van der Waals surface area (Å²) in [4.78, 5) is 2.42. The fourth-order valence-electron chi connectivity index (χ4n) is 3.44. The third-order valence-electron chi connectivity index (χ3n) is 4.88. The largest absolute Gasteiger partial charge is 0.489 e. The van der Waals surface area contributed by atoms with Crippen LogP contribution in [0.3, 0.4) is 0 Å². The first-order valence-electron chi connectivity index (χ1n) is 9.78. The van der Waals surface area contributed by atoms with Crippen LogP contribution in [0.1, 0.15) is 37.5 Å². The zero-order valence-corrected chi connectivity index (χ0v) is 17.2. The molecule has 2 aromatic heterocycles. The lowest BCUT2D eigenvalue weighted by atomic mass is 10.1. The molecule has 28 heavy (non-hydrogen) atoms. The molecular weight excluding hydrogens is 372 g/mol. The van der Waals surface area contributed by atoms with Crippen LogP contribution in [0.15, 0.2) is 57.4 Å². The van der Waals surface area contributed by atoms with Crippen LogP contribution < -0.4 is 4.74 Å². The predicted octanol–water partition coefficient (Wildman–Crippen LogP) is 4.51. The number of furan rings is 1. The van der Waals surface area contributed by atoms with Crippen LogP contribution in [0.4, 0.5) is 0 Å². The van der Waals surface area contributed by atoms with Gasteiger partial charge >= 0.3 is 0 Å². The molecule has 1 aromatic carbocycles. The van der Waals surface area contributed by atoms with E-state index < -0.39 is 0 Å². The van der Waals surface area contributed by atoms with E-state index in [0.29, 0.717) is 0 Å². The van der Waals surface area contributed by atoms with Gasteiger partial charge in [-0.2, -0.15) is 0 Å². The van der Waals surface area contributed by atoms with E-state index in [2.05, 4.69) is 46.3 Å². The average molecular weight is 399 g/mol. The number of fused-ring (bicyclic) bond motifs is 1. The molecule has 0 saturated carbocycles. The second-order valence-corrected chi connectivity index (χ2v) is 8.18. The third kappa shape index (κ3) is 4.59. The third-order valence-corrected chi connectivity index (χ3v) is 5.85. The van der Waals surface area contributed by atoms with Gasteiger partial charge in [0, 0.05) is 25.7 Å². The Morgan fingerprint density at radius 1 is 1.21 bits per heavy atom. The molecule has 0 unspecified atom stereocenters. The zero-order chi connectivity index (χ0) is 19.3. The van der Waals surface area contributed by atoms with Gasteiger partial charge in [0.1, 0.15) is 23.9 Å². The lowest BCUT2D eigenvalue weighted by molar-refractivity contribution is 0.127. The van der Waals surface area contributed by atoms with Gasteiger partial charge in [-0.1, -0.05) is 31.5 Å². The number of aromatic nitrogens is 3. The molecule has 0 aliphatic carbocycles. The molecule has 0 amide bonds. The molecule has 6 nitrogen and oxygen atoms in total. The molecule has 7 heteroatoms. The van der Waals surface area contributed by atoms with Gasteiger partial charge in [0.15, 0.2) is 10.2 Å². The topological polar surface area (TPSA) is 56.3 Å². The van der Waals surface area contributed by atoms with E-state index in [1.165, 1.54) is 30.2 Å². The van der Waals surface area contributed by atoms with Crippen molar-refractivity contribution in [1.29, 1.82) is 0 Å². The number of hydrogen-bond donors (Lipinski definition) is 0. The van der Waals surface area contributed by atoms with E-state index in [9.17, 15) is 0 Å². The fraction of sp³-hybridized carbons (Fsp3) is 0.429. The lowest BCUT2D eigenvalue weighted by Crippen LogP contribution is -2.32. The number of nitrogens with zero attached hydrogens (tertiary/aromatic N) is 4. The molecule has 1 aliphatic heterocycles. The van der Waals surface area contributed by atoms with E-state index >= 15 is 0 Å². The van der Waals surface area contributed by atoms with Gasteiger partial charge in [-0.15, -0.1) is 10.2 Å². The van der Waals surface area contributed by atoms with Gasteiger partial charge in [0.2, 0.25) is 0 Å². The number of benzene rings is 1. The molecule has 0 N–H and O–H groups in total. The Labute approximate surface area is 169 Å². The Morgan fingerprint density at radius 3 is 2.93 bits per heavy atom. The number of ether oxygens (including phenoxy) is 1. The molecule has 3 heterocycles. The van der Waals surface area contributed by atoms with Crippen molar-refractivity contribution in [2.45, 2.75) is 55.6 Å². The van der Waals surface area contributed by atoms with Crippen molar-refractivity contribution < 1.29 is 9.15 Å². The van der Waals surface area contributed by atoms with Crippen molar-refractivity contribution in [3.8, 4) is 5.75 Å². The number of hydrogen-bond acceptors (Lipinski definition) is 6. The predicted molar refractivity (Wildman–Crippen MR) is 108 cm³/mol. The van der Waals surface area contributed by atoms with Gasteiger partial charge < -0.3 is 13.7 Å². The van der Waals surface area contributed by atoms with Crippen molar-refractivity contribution in [1.82, 2.24) is 19.7 Å². The van der Waals surface area contributed by atoms with Crippen LogP contribution in [-0.4, -0.2) is 32.3 Å². The van der Waals surface area contributed by atoms with Gasteiger partial charge in [-0.05, 0) is 42.8 Å². The normalized spacial score (nSPS) is 17.1. The molecule has 1 aliphatic rings. The number of rotatable bonds is 7. The minimum absolute atomic E-state index is 0.214. The first kappa shape index (κ1) is 19.1. The molecule has 3 aromatic rings. The molecular formula is C21H26N4O2S. The molecule has 1 atom stereocenters. The van der Waals surface area contributed by atoms with Gasteiger partial charge in [-0.3, -0.25) is 4.90 Å². The summed E-state index contributed by atoms with van der Waals surface area (Å²) in [6.07, 6.45) is 5.35. The van der Waals surface area contributed by atoms with Crippen molar-refractivity contribution in [3.05, 3.63) is 54.0 Å². The summed E-state index contributed by atoms with van der Waals surface area (Å²) >= 11 is 1.49. The standard InChI is InChI=1S/C21H26N4O2S/c1-3-4-8-17-13-25(12-16-7-5-6-9-19(16)26-17)14-18-10-11-20(27-18)28-21-23-22-15-24(21)2/h5-7,9-11,15,17H,3-4,8,12-14H2,1-2H3/t17-/m1/s1. The second-order valence-electron chi connectivity index (χ2n) is 7.21. The maximum atomic E-state index is 6.32. The smallest absolute Gasteiger partial charge is 0.198 e. The number of unbranched alkanes of at least 4 members (excludes halogenated alkanes) is 1. The molecule has 0 bridgehead atoms. The Bertz CT molecular complexity index is 907. The van der Waals surface area contributed by atoms with Crippen LogP contribution in [-0.2, 0) is 20.1 Å². The summed E-state index contributed by atoms with van der Waals surface area (Å²) in [6, 6.07) is 12.4. The fourth-order valence-corrected chi connectivity index (χ4v) is 4.18. The van der Waals surface area contributed by atoms with Crippen LogP contribution in [0, 0.1) is 0 Å². The number of para-hydroxylation sites is 1. The molecule has 4 rings (SSSR count). The summed E-state index contributed by atoms with van der Waals surface area (Å²) in [6.45, 7) is 4.76. The highest BCUT2D eigenvalue weighted by molar-refractivity contribution is 7.99. The zero-order valence-electron chi connectivity index (χ0n) is 16.4. The first-order valence-corrected chi connectivity index (χ1v) is 10.6. The maximum absolute atomic E-state index is 6.32. The maximum Gasteiger partial charge on any atom is 0.198 e. The molecule has 0 spiro atoms. The monoisotopic (exact) mass is 398 g/mol. The molecule has 148 valence electrons. The molecule has 0 radical (unpaired) electrons. The summed E-state index contributed by atoms with van der Waals surface area (Å²) in [5, 5.41) is 9.66. The first-order chi connectivity index (χ1) is 13.7. The van der Waals surface area contributed by atoms with Crippen molar-refractivity contribution in [3.63, 3.8) is 0 Å². The molecule has 0 saturated heterocycles. The Hall–Kier alpha value is -2.25. The van der Waals surface area contributed by atoms with E-state index in [-0.39, 0.29) is 6.10 Å². The summed E-state index contributed by atoms with van der Waals surface area (Å²) < 4.78 is 14.3. The minimum Gasteiger partial charge on any atom is -0.489 e. The summed E-state index contributed by atoms with van der Waals surface area (Å²) in [5.74, 6) is 1.97. The highest BCUT2D eigenvalue weighted by Gasteiger charge is 2.23. The van der Waals surface area contributed by atoms with Crippen LogP contribution in [0.25, 0.3) is 0 Å². The van der Waals surface area contributed by atoms with Crippen molar-refractivity contribution in [2.24, 2.45) is 7.05 Å².